The number of hydrogen-bond donors (Lipinski definition) is 2. The topological polar surface area (TPSA) is 98.5 Å². The van der Waals surface area contributed by atoms with Crippen LogP contribution in [0.2, 0.25) is 10.0 Å². The molecule has 3 N–H and O–H groups in total. The average molecular weight is 327 g/mol. The lowest BCUT2D eigenvalue weighted by Gasteiger charge is -2.15. The molecule has 1 amide bonds. The lowest BCUT2D eigenvalue weighted by molar-refractivity contribution is -0.126. The van der Waals surface area contributed by atoms with E-state index in [-0.39, 0.29) is 26.6 Å². The average Bonchev–Trinajstić information content (AvgIpc) is 2.30. The van der Waals surface area contributed by atoms with Gasteiger partial charge in [-0.1, -0.05) is 23.2 Å². The van der Waals surface area contributed by atoms with Gasteiger partial charge in [0.2, 0.25) is 10.0 Å². The number of halogens is 2. The van der Waals surface area contributed by atoms with E-state index in [2.05, 4.69) is 5.32 Å². The van der Waals surface area contributed by atoms with Gasteiger partial charge in [0, 0.05) is 13.1 Å². The molecule has 0 aliphatic carbocycles. The third-order valence-electron chi connectivity index (χ3n) is 2.21. The lowest BCUT2D eigenvalue weighted by Crippen LogP contribution is -2.33. The molecule has 0 radical (unpaired) electrons. The van der Waals surface area contributed by atoms with Crippen LogP contribution in [0.1, 0.15) is 6.92 Å². The summed E-state index contributed by atoms with van der Waals surface area (Å²) >= 11 is 11.6. The maximum atomic E-state index is 11.3. The molecular weight excluding hydrogens is 315 g/mol. The molecule has 1 aromatic rings. The molecule has 19 heavy (non-hydrogen) atoms. The number of amides is 1. The van der Waals surface area contributed by atoms with Crippen molar-refractivity contribution >= 4 is 39.1 Å². The van der Waals surface area contributed by atoms with E-state index >= 15 is 0 Å². The molecule has 0 saturated heterocycles. The lowest BCUT2D eigenvalue weighted by atomic mass is 10.3. The number of primary sulfonamides is 1. The first-order valence-corrected chi connectivity index (χ1v) is 7.37. The fourth-order valence-electron chi connectivity index (χ4n) is 1.27. The summed E-state index contributed by atoms with van der Waals surface area (Å²) in [6.45, 7) is 1.51. The third-order valence-corrected chi connectivity index (χ3v) is 3.88. The minimum atomic E-state index is -3.97. The Morgan fingerprint density at radius 2 is 1.95 bits per heavy atom. The summed E-state index contributed by atoms with van der Waals surface area (Å²) in [5, 5.41) is 7.23. The predicted molar refractivity (Wildman–Crippen MR) is 72.0 cm³/mol. The van der Waals surface area contributed by atoms with Gasteiger partial charge in [-0.25, -0.2) is 13.6 Å². The second-order valence-corrected chi connectivity index (χ2v) is 5.98. The first kappa shape index (κ1) is 16.0. The first-order valence-electron chi connectivity index (χ1n) is 5.07. The van der Waals surface area contributed by atoms with Crippen molar-refractivity contribution in [3.05, 3.63) is 22.2 Å². The van der Waals surface area contributed by atoms with E-state index in [1.807, 2.05) is 0 Å². The first-order chi connectivity index (χ1) is 8.66. The van der Waals surface area contributed by atoms with Crippen molar-refractivity contribution in [2.45, 2.75) is 17.9 Å². The number of ether oxygens (including phenoxy) is 1. The highest BCUT2D eigenvalue weighted by molar-refractivity contribution is 7.89. The van der Waals surface area contributed by atoms with Gasteiger partial charge in [0.15, 0.2) is 6.10 Å². The number of benzene rings is 1. The van der Waals surface area contributed by atoms with Gasteiger partial charge in [0.25, 0.3) is 5.91 Å². The van der Waals surface area contributed by atoms with E-state index in [1.54, 1.807) is 0 Å². The van der Waals surface area contributed by atoms with Crippen LogP contribution in [0.4, 0.5) is 0 Å². The highest BCUT2D eigenvalue weighted by Crippen LogP contribution is 2.33. The molecule has 0 fully saturated rings. The number of nitrogens with one attached hydrogen (secondary N) is 1. The van der Waals surface area contributed by atoms with E-state index in [1.165, 1.54) is 20.0 Å². The number of likely N-dealkylation sites (N-methyl/N-ethyl adjacent to an activating group) is 1. The van der Waals surface area contributed by atoms with Gasteiger partial charge >= 0.3 is 0 Å². The molecule has 0 bridgehead atoms. The highest BCUT2D eigenvalue weighted by Gasteiger charge is 2.19. The normalized spacial score (nSPS) is 12.9. The van der Waals surface area contributed by atoms with Crippen molar-refractivity contribution in [3.8, 4) is 5.75 Å². The summed E-state index contributed by atoms with van der Waals surface area (Å²) in [6.07, 6.45) is -0.807. The molecule has 9 heteroatoms. The van der Waals surface area contributed by atoms with Crippen LogP contribution >= 0.6 is 23.2 Å². The van der Waals surface area contributed by atoms with Gasteiger partial charge in [0.1, 0.15) is 10.6 Å². The van der Waals surface area contributed by atoms with E-state index < -0.39 is 16.1 Å². The Kier molecular flexibility index (Phi) is 5.03. The van der Waals surface area contributed by atoms with Crippen molar-refractivity contribution in [2.75, 3.05) is 7.05 Å². The van der Waals surface area contributed by atoms with Crippen LogP contribution in [-0.2, 0) is 14.8 Å². The van der Waals surface area contributed by atoms with Crippen molar-refractivity contribution in [1.29, 1.82) is 0 Å². The summed E-state index contributed by atoms with van der Waals surface area (Å²) < 4.78 is 27.7. The number of rotatable bonds is 4. The van der Waals surface area contributed by atoms with Crippen LogP contribution in [0.15, 0.2) is 17.0 Å². The Morgan fingerprint density at radius 3 is 2.42 bits per heavy atom. The Balaban J connectivity index is 3.13. The van der Waals surface area contributed by atoms with Gasteiger partial charge in [-0.15, -0.1) is 0 Å². The van der Waals surface area contributed by atoms with E-state index in [0.717, 1.165) is 6.07 Å². The van der Waals surface area contributed by atoms with Crippen LogP contribution in [0.25, 0.3) is 0 Å². The van der Waals surface area contributed by atoms with Crippen molar-refractivity contribution < 1.29 is 17.9 Å². The zero-order valence-electron chi connectivity index (χ0n) is 10.1. The second-order valence-electron chi connectivity index (χ2n) is 3.63. The quantitative estimate of drug-likeness (QED) is 0.867. The van der Waals surface area contributed by atoms with Crippen LogP contribution in [0.5, 0.6) is 5.75 Å². The van der Waals surface area contributed by atoms with Crippen LogP contribution in [-0.4, -0.2) is 27.5 Å². The number of sulfonamides is 1. The minimum Gasteiger partial charge on any atom is -0.479 e. The van der Waals surface area contributed by atoms with Crippen LogP contribution < -0.4 is 15.2 Å². The number of hydrogen-bond acceptors (Lipinski definition) is 4. The van der Waals surface area contributed by atoms with E-state index in [4.69, 9.17) is 33.1 Å². The second kappa shape index (κ2) is 5.96. The standard InChI is InChI=1S/C10H12Cl2N2O4S/c1-5(10(15)14-2)18-8-3-7(12)9(4-6(8)11)19(13,16)17/h3-5H,1-2H3,(H,14,15)(H2,13,16,17). The largest absolute Gasteiger partial charge is 0.479 e. The van der Waals surface area contributed by atoms with Crippen LogP contribution in [0, 0.1) is 0 Å². The molecule has 0 spiro atoms. The Bertz CT molecular complexity index is 604. The Labute approximate surface area is 120 Å². The Morgan fingerprint density at radius 1 is 1.37 bits per heavy atom. The molecule has 6 nitrogen and oxygen atoms in total. The van der Waals surface area contributed by atoms with Crippen molar-refractivity contribution in [2.24, 2.45) is 5.14 Å². The molecule has 1 unspecified atom stereocenters. The molecule has 0 saturated carbocycles. The molecule has 0 aromatic heterocycles. The monoisotopic (exact) mass is 326 g/mol. The molecule has 0 heterocycles. The van der Waals surface area contributed by atoms with Gasteiger partial charge in [-0.2, -0.15) is 0 Å². The SMILES string of the molecule is CNC(=O)C(C)Oc1cc(Cl)c(S(N)(=O)=O)cc1Cl. The highest BCUT2D eigenvalue weighted by atomic mass is 35.5. The van der Waals surface area contributed by atoms with Crippen molar-refractivity contribution in [3.63, 3.8) is 0 Å². The van der Waals surface area contributed by atoms with Crippen LogP contribution in [0.3, 0.4) is 0 Å². The third kappa shape index (κ3) is 3.97. The minimum absolute atomic E-state index is 0.0100. The fraction of sp³-hybridized carbons (Fsp3) is 0.300. The number of nitrogens with two attached hydrogens (primary N) is 1. The molecule has 1 aromatic carbocycles. The molecule has 0 aliphatic rings. The van der Waals surface area contributed by atoms with E-state index in [9.17, 15) is 13.2 Å². The Hall–Kier alpha value is -1.02. The zero-order chi connectivity index (χ0) is 14.8. The summed E-state index contributed by atoms with van der Waals surface area (Å²) in [5.74, 6) is -0.266. The summed E-state index contributed by atoms with van der Waals surface area (Å²) in [4.78, 5) is 11.0. The summed E-state index contributed by atoms with van der Waals surface area (Å²) in [6, 6.07) is 2.27. The molecule has 1 atom stereocenters. The number of carbonyl (C=O) groups excluding carboxylic acids is 1. The van der Waals surface area contributed by atoms with Gasteiger partial charge in [-0.05, 0) is 13.0 Å². The molecule has 0 aliphatic heterocycles. The fourth-order valence-corrected chi connectivity index (χ4v) is 2.63. The maximum Gasteiger partial charge on any atom is 0.260 e. The molecule has 1 rings (SSSR count). The number of carbonyl (C=O) groups is 1. The predicted octanol–water partition coefficient (Wildman–Crippen LogP) is 1.15. The maximum absolute atomic E-state index is 11.3. The summed E-state index contributed by atoms with van der Waals surface area (Å²) in [5.41, 5.74) is 0. The van der Waals surface area contributed by atoms with Gasteiger partial charge in [0.05, 0.1) is 10.0 Å². The smallest absolute Gasteiger partial charge is 0.260 e. The molecule has 106 valence electrons. The summed E-state index contributed by atoms with van der Waals surface area (Å²) in [7, 11) is -2.51. The van der Waals surface area contributed by atoms with Gasteiger partial charge < -0.3 is 10.1 Å². The van der Waals surface area contributed by atoms with Crippen molar-refractivity contribution in [1.82, 2.24) is 5.32 Å². The zero-order valence-corrected chi connectivity index (χ0v) is 12.4. The van der Waals surface area contributed by atoms with E-state index in [0.29, 0.717) is 0 Å². The molecular formula is C10H12Cl2N2O4S. The van der Waals surface area contributed by atoms with Gasteiger partial charge in [-0.3, -0.25) is 4.79 Å².